The number of para-hydroxylation sites is 1. The molecule has 0 aliphatic heterocycles. The lowest BCUT2D eigenvalue weighted by atomic mass is 10.1. The summed E-state index contributed by atoms with van der Waals surface area (Å²) in [5.74, 6) is 0.923. The normalized spacial score (nSPS) is 11.5. The van der Waals surface area contributed by atoms with Gasteiger partial charge in [-0.1, -0.05) is 18.2 Å². The van der Waals surface area contributed by atoms with Crippen molar-refractivity contribution in [1.82, 2.24) is 25.0 Å². The SMILES string of the molecule is CCNC(=NCCc1c[nH]c2c(C)cccc12)N(C)Cc1cnn(C)c1.I. The molecule has 6 nitrogen and oxygen atoms in total. The molecule has 0 bridgehead atoms. The smallest absolute Gasteiger partial charge is 0.193 e. The molecule has 2 heterocycles. The number of guanidine groups is 1. The summed E-state index contributed by atoms with van der Waals surface area (Å²) in [4.78, 5) is 10.3. The molecule has 0 aliphatic rings. The average Bonchev–Trinajstić information content (AvgIpc) is 3.21. The predicted octanol–water partition coefficient (Wildman–Crippen LogP) is 3.47. The lowest BCUT2D eigenvalue weighted by molar-refractivity contribution is 0.477. The molecular weight excluding hydrogens is 451 g/mol. The zero-order valence-corrected chi connectivity index (χ0v) is 18.8. The molecule has 0 aliphatic carbocycles. The highest BCUT2D eigenvalue weighted by Gasteiger charge is 2.09. The van der Waals surface area contributed by atoms with Gasteiger partial charge in [0.05, 0.1) is 6.20 Å². The second kappa shape index (κ2) is 9.77. The van der Waals surface area contributed by atoms with Crippen LogP contribution in [0.25, 0.3) is 10.9 Å². The molecule has 1 aromatic carbocycles. The van der Waals surface area contributed by atoms with Gasteiger partial charge in [-0.2, -0.15) is 5.10 Å². The number of H-pyrrole nitrogens is 1. The van der Waals surface area contributed by atoms with Crippen molar-refractivity contribution in [2.45, 2.75) is 26.8 Å². The van der Waals surface area contributed by atoms with Crippen molar-refractivity contribution in [3.05, 3.63) is 53.5 Å². The number of halogens is 1. The number of hydrogen-bond donors (Lipinski definition) is 2. The molecule has 146 valence electrons. The highest BCUT2D eigenvalue weighted by molar-refractivity contribution is 14.0. The van der Waals surface area contributed by atoms with E-state index in [1.165, 1.54) is 27.6 Å². The topological polar surface area (TPSA) is 61.2 Å². The lowest BCUT2D eigenvalue weighted by Gasteiger charge is -2.21. The number of nitrogens with zero attached hydrogens (tertiary/aromatic N) is 4. The van der Waals surface area contributed by atoms with Crippen molar-refractivity contribution in [2.75, 3.05) is 20.1 Å². The lowest BCUT2D eigenvalue weighted by Crippen LogP contribution is -2.38. The first-order chi connectivity index (χ1) is 12.6. The van der Waals surface area contributed by atoms with Gasteiger partial charge in [0.15, 0.2) is 5.96 Å². The minimum Gasteiger partial charge on any atom is -0.361 e. The summed E-state index contributed by atoms with van der Waals surface area (Å²) in [5, 5.41) is 8.91. The number of benzene rings is 1. The first-order valence-electron chi connectivity index (χ1n) is 9.11. The van der Waals surface area contributed by atoms with E-state index < -0.39 is 0 Å². The summed E-state index contributed by atoms with van der Waals surface area (Å²) >= 11 is 0. The molecule has 0 fully saturated rings. The molecule has 0 spiro atoms. The largest absolute Gasteiger partial charge is 0.361 e. The van der Waals surface area contributed by atoms with E-state index >= 15 is 0 Å². The summed E-state index contributed by atoms with van der Waals surface area (Å²) in [6, 6.07) is 6.43. The molecule has 7 heteroatoms. The van der Waals surface area contributed by atoms with Crippen molar-refractivity contribution in [3.63, 3.8) is 0 Å². The van der Waals surface area contributed by atoms with E-state index in [4.69, 9.17) is 4.99 Å². The Bertz CT molecular complexity index is 895. The maximum atomic E-state index is 4.81. The molecule has 0 radical (unpaired) electrons. The van der Waals surface area contributed by atoms with Gasteiger partial charge in [-0.05, 0) is 31.4 Å². The monoisotopic (exact) mass is 480 g/mol. The van der Waals surface area contributed by atoms with Crippen LogP contribution in [0.1, 0.15) is 23.6 Å². The van der Waals surface area contributed by atoms with Crippen molar-refractivity contribution >= 4 is 40.8 Å². The summed E-state index contributed by atoms with van der Waals surface area (Å²) in [7, 11) is 4.00. The molecule has 2 N–H and O–H groups in total. The summed E-state index contributed by atoms with van der Waals surface area (Å²) in [6.45, 7) is 6.61. The second-order valence-corrected chi connectivity index (χ2v) is 6.68. The Morgan fingerprint density at radius 2 is 2.19 bits per heavy atom. The van der Waals surface area contributed by atoms with Crippen molar-refractivity contribution in [2.24, 2.45) is 12.0 Å². The van der Waals surface area contributed by atoms with Crippen LogP contribution in [0.3, 0.4) is 0 Å². The van der Waals surface area contributed by atoms with Crippen LogP contribution in [0.15, 0.2) is 41.8 Å². The van der Waals surface area contributed by atoms with Gasteiger partial charge in [-0.3, -0.25) is 9.67 Å². The van der Waals surface area contributed by atoms with Crippen LogP contribution in [0.4, 0.5) is 0 Å². The Kier molecular flexibility index (Phi) is 7.70. The zero-order valence-electron chi connectivity index (χ0n) is 16.5. The molecule has 0 saturated carbocycles. The Morgan fingerprint density at radius 1 is 1.37 bits per heavy atom. The fraction of sp³-hybridized carbons (Fsp3) is 0.400. The van der Waals surface area contributed by atoms with Crippen molar-refractivity contribution < 1.29 is 0 Å². The maximum Gasteiger partial charge on any atom is 0.193 e. The van der Waals surface area contributed by atoms with Gasteiger partial charge in [0.25, 0.3) is 0 Å². The number of hydrogen-bond acceptors (Lipinski definition) is 2. The first-order valence-corrected chi connectivity index (χ1v) is 9.11. The first kappa shape index (κ1) is 21.3. The van der Waals surface area contributed by atoms with Crippen LogP contribution >= 0.6 is 24.0 Å². The van der Waals surface area contributed by atoms with E-state index in [1.54, 1.807) is 0 Å². The van der Waals surface area contributed by atoms with E-state index in [2.05, 4.69) is 65.6 Å². The Balaban J connectivity index is 0.00000261. The fourth-order valence-corrected chi connectivity index (χ4v) is 3.23. The second-order valence-electron chi connectivity index (χ2n) is 6.68. The molecule has 0 amide bonds. The van der Waals surface area contributed by atoms with Gasteiger partial charge in [-0.15, -0.1) is 24.0 Å². The number of rotatable bonds is 6. The molecule has 3 rings (SSSR count). The number of fused-ring (bicyclic) bond motifs is 1. The highest BCUT2D eigenvalue weighted by atomic mass is 127. The van der Waals surface area contributed by atoms with Crippen LogP contribution in [0.2, 0.25) is 0 Å². The molecule has 0 atom stereocenters. The molecule has 2 aromatic heterocycles. The number of nitrogens with one attached hydrogen (secondary N) is 2. The van der Waals surface area contributed by atoms with E-state index in [0.29, 0.717) is 0 Å². The van der Waals surface area contributed by atoms with Crippen molar-refractivity contribution in [3.8, 4) is 0 Å². The predicted molar refractivity (Wildman–Crippen MR) is 123 cm³/mol. The number of aromatic nitrogens is 3. The van der Waals surface area contributed by atoms with Gasteiger partial charge < -0.3 is 15.2 Å². The van der Waals surface area contributed by atoms with Crippen LogP contribution in [-0.2, 0) is 20.0 Å². The van der Waals surface area contributed by atoms with Crippen molar-refractivity contribution in [1.29, 1.82) is 0 Å². The Morgan fingerprint density at radius 3 is 2.89 bits per heavy atom. The maximum absolute atomic E-state index is 4.81. The summed E-state index contributed by atoms with van der Waals surface area (Å²) in [6.07, 6.45) is 6.96. The van der Waals surface area contributed by atoms with Gasteiger partial charge in [0, 0.05) is 62.6 Å². The molecule has 0 saturated heterocycles. The minimum absolute atomic E-state index is 0. The number of aryl methyl sites for hydroxylation is 2. The highest BCUT2D eigenvalue weighted by Crippen LogP contribution is 2.21. The third kappa shape index (κ3) is 5.24. The fourth-order valence-electron chi connectivity index (χ4n) is 3.23. The molecule has 27 heavy (non-hydrogen) atoms. The minimum atomic E-state index is 0. The molecule has 0 unspecified atom stereocenters. The summed E-state index contributed by atoms with van der Waals surface area (Å²) in [5.41, 5.74) is 5.00. The van der Waals surface area contributed by atoms with E-state index in [9.17, 15) is 0 Å². The standard InChI is InChI=1S/C20H28N6.HI/c1-5-21-20(25(3)13-16-11-24-26(4)14-16)22-10-9-17-12-23-19-15(2)7-6-8-18(17)19;/h6-8,11-12,14,23H,5,9-10,13H2,1-4H3,(H,21,22);1H. The van der Waals surface area contributed by atoms with Crippen LogP contribution in [0, 0.1) is 6.92 Å². The van der Waals surface area contributed by atoms with Gasteiger partial charge >= 0.3 is 0 Å². The quantitative estimate of drug-likeness (QED) is 0.323. The van der Waals surface area contributed by atoms with E-state index in [0.717, 1.165) is 32.0 Å². The Hall–Kier alpha value is -2.03. The van der Waals surface area contributed by atoms with Gasteiger partial charge in [0.2, 0.25) is 0 Å². The van der Waals surface area contributed by atoms with Gasteiger partial charge in [-0.25, -0.2) is 0 Å². The van der Waals surface area contributed by atoms with E-state index in [1.807, 2.05) is 24.1 Å². The molecular formula is C20H29IN6. The van der Waals surface area contributed by atoms with Crippen LogP contribution < -0.4 is 5.32 Å². The average molecular weight is 480 g/mol. The van der Waals surface area contributed by atoms with E-state index in [-0.39, 0.29) is 24.0 Å². The van der Waals surface area contributed by atoms with Crippen LogP contribution in [-0.4, -0.2) is 45.8 Å². The summed E-state index contributed by atoms with van der Waals surface area (Å²) < 4.78 is 1.83. The zero-order chi connectivity index (χ0) is 18.5. The van der Waals surface area contributed by atoms with Crippen LogP contribution in [0.5, 0.6) is 0 Å². The number of aliphatic imine (C=N–C) groups is 1. The molecule has 3 aromatic rings. The Labute approximate surface area is 178 Å². The third-order valence-electron chi connectivity index (χ3n) is 4.53. The van der Waals surface area contributed by atoms with Gasteiger partial charge in [0.1, 0.15) is 0 Å². The number of aromatic amines is 1. The third-order valence-corrected chi connectivity index (χ3v) is 4.53.